The molecule has 2 N–H and O–H groups in total. The number of fused-ring (bicyclic) bond motifs is 3. The second kappa shape index (κ2) is 4.30. The first-order valence-corrected chi connectivity index (χ1v) is 6.88. The number of aromatic amines is 1. The van der Waals surface area contributed by atoms with E-state index < -0.39 is 0 Å². The van der Waals surface area contributed by atoms with Crippen molar-refractivity contribution in [3.05, 3.63) is 42.5 Å². The van der Waals surface area contributed by atoms with Crippen molar-refractivity contribution in [3.8, 4) is 0 Å². The summed E-state index contributed by atoms with van der Waals surface area (Å²) in [4.78, 5) is 3.53. The first-order chi connectivity index (χ1) is 9.11. The fourth-order valence-corrected chi connectivity index (χ4v) is 2.43. The summed E-state index contributed by atoms with van der Waals surface area (Å²) in [5, 5.41) is 6.21. The average molecular weight is 252 g/mol. The van der Waals surface area contributed by atoms with Crippen LogP contribution < -0.4 is 5.32 Å². The molecule has 1 heterocycles. The molecule has 0 saturated heterocycles. The van der Waals surface area contributed by atoms with E-state index in [4.69, 9.17) is 0 Å². The highest BCUT2D eigenvalue weighted by Gasteiger charge is 2.16. The van der Waals surface area contributed by atoms with Crippen molar-refractivity contribution in [2.45, 2.75) is 32.7 Å². The van der Waals surface area contributed by atoms with E-state index in [1.807, 2.05) is 0 Å². The van der Waals surface area contributed by atoms with Crippen LogP contribution >= 0.6 is 0 Å². The SMILES string of the molecule is CCC(C)(C)Nc1cccc2c1[nH]c1ccccc12. The molecular weight excluding hydrogens is 232 g/mol. The fourth-order valence-electron chi connectivity index (χ4n) is 2.43. The van der Waals surface area contributed by atoms with Crippen molar-refractivity contribution in [1.29, 1.82) is 0 Å². The molecule has 0 aliphatic carbocycles. The minimum absolute atomic E-state index is 0.103. The van der Waals surface area contributed by atoms with Crippen LogP contribution in [0.2, 0.25) is 0 Å². The van der Waals surface area contributed by atoms with Gasteiger partial charge in [-0.3, -0.25) is 0 Å². The number of anilines is 1. The molecular formula is C17H20N2. The molecule has 98 valence electrons. The molecule has 2 nitrogen and oxygen atoms in total. The summed E-state index contributed by atoms with van der Waals surface area (Å²) < 4.78 is 0. The molecule has 2 aromatic carbocycles. The van der Waals surface area contributed by atoms with Crippen LogP contribution in [-0.4, -0.2) is 10.5 Å². The summed E-state index contributed by atoms with van der Waals surface area (Å²) in [5.74, 6) is 0. The van der Waals surface area contributed by atoms with Crippen molar-refractivity contribution in [1.82, 2.24) is 4.98 Å². The Balaban J connectivity index is 2.21. The van der Waals surface area contributed by atoms with Gasteiger partial charge in [0.1, 0.15) is 0 Å². The van der Waals surface area contributed by atoms with Crippen LogP contribution in [-0.2, 0) is 0 Å². The summed E-state index contributed by atoms with van der Waals surface area (Å²) in [7, 11) is 0. The van der Waals surface area contributed by atoms with Gasteiger partial charge in [-0.1, -0.05) is 37.3 Å². The maximum Gasteiger partial charge on any atom is 0.0700 e. The number of H-pyrrole nitrogens is 1. The lowest BCUT2D eigenvalue weighted by Crippen LogP contribution is -2.29. The van der Waals surface area contributed by atoms with Crippen LogP contribution in [0.1, 0.15) is 27.2 Å². The third kappa shape index (κ3) is 2.07. The molecule has 1 aromatic heterocycles. The van der Waals surface area contributed by atoms with E-state index in [1.54, 1.807) is 0 Å². The number of para-hydroxylation sites is 2. The molecule has 2 heteroatoms. The first-order valence-electron chi connectivity index (χ1n) is 6.88. The van der Waals surface area contributed by atoms with Gasteiger partial charge in [0.25, 0.3) is 0 Å². The predicted molar refractivity (Wildman–Crippen MR) is 83.8 cm³/mol. The van der Waals surface area contributed by atoms with Gasteiger partial charge in [0.15, 0.2) is 0 Å². The third-order valence-electron chi connectivity index (χ3n) is 3.90. The monoisotopic (exact) mass is 252 g/mol. The highest BCUT2D eigenvalue weighted by atomic mass is 15.0. The molecule has 0 bridgehead atoms. The maximum absolute atomic E-state index is 3.64. The number of hydrogen-bond acceptors (Lipinski definition) is 1. The Morgan fingerprint density at radius 2 is 1.74 bits per heavy atom. The van der Waals surface area contributed by atoms with Crippen molar-refractivity contribution < 1.29 is 0 Å². The van der Waals surface area contributed by atoms with Crippen LogP contribution in [0.3, 0.4) is 0 Å². The van der Waals surface area contributed by atoms with Gasteiger partial charge in [-0.2, -0.15) is 0 Å². The van der Waals surface area contributed by atoms with Crippen LogP contribution in [0.4, 0.5) is 5.69 Å². The number of hydrogen-bond donors (Lipinski definition) is 2. The zero-order valence-corrected chi connectivity index (χ0v) is 11.7. The molecule has 0 amide bonds. The Kier molecular flexibility index (Phi) is 2.74. The number of rotatable bonds is 3. The van der Waals surface area contributed by atoms with E-state index in [0.717, 1.165) is 6.42 Å². The van der Waals surface area contributed by atoms with Crippen molar-refractivity contribution in [2.24, 2.45) is 0 Å². The molecule has 0 unspecified atom stereocenters. The molecule has 0 aliphatic heterocycles. The Morgan fingerprint density at radius 3 is 2.53 bits per heavy atom. The summed E-state index contributed by atoms with van der Waals surface area (Å²) >= 11 is 0. The van der Waals surface area contributed by atoms with Crippen molar-refractivity contribution in [2.75, 3.05) is 5.32 Å². The molecule has 19 heavy (non-hydrogen) atoms. The Labute approximate surface area is 113 Å². The van der Waals surface area contributed by atoms with E-state index in [2.05, 4.69) is 73.5 Å². The van der Waals surface area contributed by atoms with Gasteiger partial charge >= 0.3 is 0 Å². The van der Waals surface area contributed by atoms with Gasteiger partial charge < -0.3 is 10.3 Å². The third-order valence-corrected chi connectivity index (χ3v) is 3.90. The summed E-state index contributed by atoms with van der Waals surface area (Å²) in [6.07, 6.45) is 1.09. The molecule has 0 aliphatic rings. The molecule has 0 saturated carbocycles. The molecule has 0 fully saturated rings. The molecule has 0 atom stereocenters. The number of benzene rings is 2. The highest BCUT2D eigenvalue weighted by Crippen LogP contribution is 2.31. The zero-order chi connectivity index (χ0) is 13.5. The van der Waals surface area contributed by atoms with Gasteiger partial charge in [-0.25, -0.2) is 0 Å². The summed E-state index contributed by atoms with van der Waals surface area (Å²) in [6.45, 7) is 6.67. The predicted octanol–water partition coefficient (Wildman–Crippen LogP) is 4.92. The van der Waals surface area contributed by atoms with Crippen LogP contribution in [0.15, 0.2) is 42.5 Å². The van der Waals surface area contributed by atoms with Crippen LogP contribution in [0.5, 0.6) is 0 Å². The lowest BCUT2D eigenvalue weighted by Gasteiger charge is -2.26. The van der Waals surface area contributed by atoms with Gasteiger partial charge in [0.05, 0.1) is 11.2 Å². The minimum Gasteiger partial charge on any atom is -0.378 e. The van der Waals surface area contributed by atoms with Crippen molar-refractivity contribution in [3.63, 3.8) is 0 Å². The minimum atomic E-state index is 0.103. The maximum atomic E-state index is 3.64. The van der Waals surface area contributed by atoms with Crippen molar-refractivity contribution >= 4 is 27.5 Å². The smallest absolute Gasteiger partial charge is 0.0700 e. The normalized spacial score (nSPS) is 12.2. The Morgan fingerprint density at radius 1 is 1.00 bits per heavy atom. The Bertz CT molecular complexity index is 722. The standard InChI is InChI=1S/C17H20N2/c1-4-17(2,3)19-15-11-7-9-13-12-8-5-6-10-14(12)18-16(13)15/h5-11,18-19H,4H2,1-3H3. The van der Waals surface area contributed by atoms with Gasteiger partial charge in [0.2, 0.25) is 0 Å². The van der Waals surface area contributed by atoms with E-state index >= 15 is 0 Å². The quantitative estimate of drug-likeness (QED) is 0.680. The highest BCUT2D eigenvalue weighted by molar-refractivity contribution is 6.11. The summed E-state index contributed by atoms with van der Waals surface area (Å²) in [5.41, 5.74) is 3.68. The molecule has 3 rings (SSSR count). The van der Waals surface area contributed by atoms with Crippen LogP contribution in [0.25, 0.3) is 21.8 Å². The second-order valence-corrected chi connectivity index (χ2v) is 5.76. The molecule has 0 radical (unpaired) electrons. The van der Waals surface area contributed by atoms with E-state index in [1.165, 1.54) is 27.5 Å². The Hall–Kier alpha value is -1.96. The lowest BCUT2D eigenvalue weighted by atomic mass is 10.0. The molecule has 3 aromatic rings. The topological polar surface area (TPSA) is 27.8 Å². The first kappa shape index (κ1) is 12.1. The largest absolute Gasteiger partial charge is 0.378 e. The van der Waals surface area contributed by atoms with Gasteiger partial charge in [0, 0.05) is 21.8 Å². The van der Waals surface area contributed by atoms with Gasteiger partial charge in [-0.05, 0) is 32.4 Å². The van der Waals surface area contributed by atoms with E-state index in [0.29, 0.717) is 0 Å². The van der Waals surface area contributed by atoms with E-state index in [-0.39, 0.29) is 5.54 Å². The van der Waals surface area contributed by atoms with Crippen LogP contribution in [0, 0.1) is 0 Å². The lowest BCUT2D eigenvalue weighted by molar-refractivity contribution is 0.548. The van der Waals surface area contributed by atoms with Gasteiger partial charge in [-0.15, -0.1) is 0 Å². The fraction of sp³-hybridized carbons (Fsp3) is 0.294. The van der Waals surface area contributed by atoms with E-state index in [9.17, 15) is 0 Å². The number of nitrogens with one attached hydrogen (secondary N) is 2. The zero-order valence-electron chi connectivity index (χ0n) is 11.7. The second-order valence-electron chi connectivity index (χ2n) is 5.76. The summed E-state index contributed by atoms with van der Waals surface area (Å²) in [6, 6.07) is 14.9. The molecule has 0 spiro atoms. The number of aromatic nitrogens is 1. The average Bonchev–Trinajstić information content (AvgIpc) is 2.78.